The molecule has 0 radical (unpaired) electrons. The molecular formula is C13H16BrClN2O2. The molecule has 0 aliphatic carbocycles. The Bertz CT molecular complexity index is 492. The van der Waals surface area contributed by atoms with Gasteiger partial charge in [0.1, 0.15) is 6.04 Å². The zero-order valence-electron chi connectivity index (χ0n) is 10.7. The summed E-state index contributed by atoms with van der Waals surface area (Å²) in [5.74, 6) is -0.979. The van der Waals surface area contributed by atoms with E-state index in [0.29, 0.717) is 11.4 Å². The average molecular weight is 348 g/mol. The summed E-state index contributed by atoms with van der Waals surface area (Å²) < 4.78 is 0.821. The molecule has 1 atom stereocenters. The van der Waals surface area contributed by atoms with E-state index in [9.17, 15) is 9.59 Å². The first-order chi connectivity index (χ1) is 8.81. The van der Waals surface area contributed by atoms with Crippen molar-refractivity contribution in [3.63, 3.8) is 0 Å². The van der Waals surface area contributed by atoms with Crippen molar-refractivity contribution in [1.82, 2.24) is 5.32 Å². The van der Waals surface area contributed by atoms with Gasteiger partial charge in [-0.25, -0.2) is 0 Å². The third kappa shape index (κ3) is 4.84. The quantitative estimate of drug-likeness (QED) is 0.857. The number of primary amides is 1. The highest BCUT2D eigenvalue weighted by Gasteiger charge is 2.21. The van der Waals surface area contributed by atoms with Crippen LogP contribution in [-0.4, -0.2) is 17.9 Å². The molecule has 3 N–H and O–H groups in total. The molecule has 0 aliphatic heterocycles. The van der Waals surface area contributed by atoms with E-state index in [4.69, 9.17) is 17.3 Å². The minimum Gasteiger partial charge on any atom is -0.368 e. The van der Waals surface area contributed by atoms with Crippen molar-refractivity contribution in [3.05, 3.63) is 33.3 Å². The van der Waals surface area contributed by atoms with Crippen LogP contribution in [0.3, 0.4) is 0 Å². The standard InChI is InChI=1S/C13H16BrClN2O2/c1-7(2)13(19)17-11(12(16)18)6-8-5-9(15)3-4-10(8)14/h3-5,7,11H,6H2,1-2H3,(H2,16,18)(H,17,19)/t11-/m0/s1. The number of carbonyl (C=O) groups is 2. The fourth-order valence-corrected chi connectivity index (χ4v) is 2.08. The first kappa shape index (κ1) is 16.0. The second-order valence-corrected chi connectivity index (χ2v) is 5.85. The van der Waals surface area contributed by atoms with Gasteiger partial charge in [-0.05, 0) is 23.8 Å². The van der Waals surface area contributed by atoms with E-state index in [1.807, 2.05) is 0 Å². The summed E-state index contributed by atoms with van der Waals surface area (Å²) in [6.07, 6.45) is 0.301. The van der Waals surface area contributed by atoms with Gasteiger partial charge in [0.2, 0.25) is 11.8 Å². The predicted octanol–water partition coefficient (Wildman–Crippen LogP) is 2.27. The van der Waals surface area contributed by atoms with Crippen LogP contribution in [0, 0.1) is 5.92 Å². The Balaban J connectivity index is 2.87. The summed E-state index contributed by atoms with van der Waals surface area (Å²) in [5, 5.41) is 3.20. The molecule has 0 heterocycles. The molecule has 0 aromatic heterocycles. The Morgan fingerprint density at radius 1 is 1.42 bits per heavy atom. The minimum atomic E-state index is -0.746. The zero-order chi connectivity index (χ0) is 14.6. The second-order valence-electron chi connectivity index (χ2n) is 4.56. The molecule has 0 fully saturated rings. The molecule has 2 amide bonds. The van der Waals surface area contributed by atoms with Gasteiger partial charge in [-0.1, -0.05) is 41.4 Å². The van der Waals surface area contributed by atoms with Crippen molar-refractivity contribution in [2.45, 2.75) is 26.3 Å². The van der Waals surface area contributed by atoms with Gasteiger partial charge in [-0.2, -0.15) is 0 Å². The molecule has 6 heteroatoms. The average Bonchev–Trinajstić information content (AvgIpc) is 2.32. The molecule has 1 aromatic rings. The van der Waals surface area contributed by atoms with Crippen LogP contribution in [0.15, 0.2) is 22.7 Å². The number of nitrogens with two attached hydrogens (primary N) is 1. The van der Waals surface area contributed by atoms with E-state index in [-0.39, 0.29) is 11.8 Å². The van der Waals surface area contributed by atoms with Gasteiger partial charge in [0.25, 0.3) is 0 Å². The van der Waals surface area contributed by atoms with Crippen molar-refractivity contribution in [2.75, 3.05) is 0 Å². The number of amides is 2. The Labute approximate surface area is 125 Å². The fraction of sp³-hybridized carbons (Fsp3) is 0.385. The number of hydrogen-bond acceptors (Lipinski definition) is 2. The highest BCUT2D eigenvalue weighted by atomic mass is 79.9. The third-order valence-corrected chi connectivity index (χ3v) is 3.62. The van der Waals surface area contributed by atoms with Gasteiger partial charge >= 0.3 is 0 Å². The van der Waals surface area contributed by atoms with Gasteiger partial charge in [0.15, 0.2) is 0 Å². The Kier molecular flexibility index (Phi) is 5.82. The number of carbonyl (C=O) groups excluding carboxylic acids is 2. The summed E-state index contributed by atoms with van der Waals surface area (Å²) >= 11 is 9.29. The lowest BCUT2D eigenvalue weighted by Crippen LogP contribution is -2.47. The Hall–Kier alpha value is -1.07. The monoisotopic (exact) mass is 346 g/mol. The van der Waals surface area contributed by atoms with E-state index < -0.39 is 11.9 Å². The number of nitrogens with one attached hydrogen (secondary N) is 1. The summed E-state index contributed by atoms with van der Waals surface area (Å²) in [6, 6.07) is 4.52. The number of rotatable bonds is 5. The largest absolute Gasteiger partial charge is 0.368 e. The van der Waals surface area contributed by atoms with E-state index in [1.54, 1.807) is 32.0 Å². The lowest BCUT2D eigenvalue weighted by Gasteiger charge is -2.18. The van der Waals surface area contributed by atoms with Crippen molar-refractivity contribution in [1.29, 1.82) is 0 Å². The maximum absolute atomic E-state index is 11.6. The Morgan fingerprint density at radius 3 is 2.58 bits per heavy atom. The van der Waals surface area contributed by atoms with Crippen LogP contribution in [0.25, 0.3) is 0 Å². The fourth-order valence-electron chi connectivity index (χ4n) is 1.48. The van der Waals surface area contributed by atoms with Crippen molar-refractivity contribution >= 4 is 39.3 Å². The molecule has 0 unspecified atom stereocenters. The molecular weight excluding hydrogens is 332 g/mol. The predicted molar refractivity (Wildman–Crippen MR) is 78.8 cm³/mol. The van der Waals surface area contributed by atoms with Gasteiger partial charge in [0, 0.05) is 21.8 Å². The van der Waals surface area contributed by atoms with Crippen molar-refractivity contribution in [2.24, 2.45) is 11.7 Å². The van der Waals surface area contributed by atoms with Crippen molar-refractivity contribution < 1.29 is 9.59 Å². The summed E-state index contributed by atoms with van der Waals surface area (Å²) in [5.41, 5.74) is 6.14. The maximum atomic E-state index is 11.6. The van der Waals surface area contributed by atoms with Crippen LogP contribution in [0.4, 0.5) is 0 Å². The van der Waals surface area contributed by atoms with Crippen molar-refractivity contribution in [3.8, 4) is 0 Å². The van der Waals surface area contributed by atoms with Crippen LogP contribution in [-0.2, 0) is 16.0 Å². The molecule has 19 heavy (non-hydrogen) atoms. The highest BCUT2D eigenvalue weighted by molar-refractivity contribution is 9.10. The summed E-state index contributed by atoms with van der Waals surface area (Å²) in [7, 11) is 0. The Morgan fingerprint density at radius 2 is 2.05 bits per heavy atom. The molecule has 1 rings (SSSR count). The van der Waals surface area contributed by atoms with E-state index >= 15 is 0 Å². The highest BCUT2D eigenvalue weighted by Crippen LogP contribution is 2.22. The van der Waals surface area contributed by atoms with Crippen LogP contribution in [0.1, 0.15) is 19.4 Å². The SMILES string of the molecule is CC(C)C(=O)N[C@@H](Cc1cc(Cl)ccc1Br)C(N)=O. The third-order valence-electron chi connectivity index (χ3n) is 2.62. The van der Waals surface area contributed by atoms with Crippen LogP contribution in [0.2, 0.25) is 5.02 Å². The number of benzene rings is 1. The zero-order valence-corrected chi connectivity index (χ0v) is 13.1. The molecule has 0 spiro atoms. The van der Waals surface area contributed by atoms with Gasteiger partial charge in [-0.15, -0.1) is 0 Å². The lowest BCUT2D eigenvalue weighted by atomic mass is 10.0. The van der Waals surface area contributed by atoms with Crippen LogP contribution >= 0.6 is 27.5 Å². The van der Waals surface area contributed by atoms with Gasteiger partial charge in [0.05, 0.1) is 0 Å². The molecule has 0 bridgehead atoms. The van der Waals surface area contributed by atoms with E-state index in [0.717, 1.165) is 10.0 Å². The second kappa shape index (κ2) is 6.91. The first-order valence-electron chi connectivity index (χ1n) is 5.85. The van der Waals surface area contributed by atoms with Gasteiger partial charge < -0.3 is 11.1 Å². The summed E-state index contributed by atoms with van der Waals surface area (Å²) in [4.78, 5) is 23.1. The topological polar surface area (TPSA) is 72.2 Å². The lowest BCUT2D eigenvalue weighted by molar-refractivity contribution is -0.129. The smallest absolute Gasteiger partial charge is 0.240 e. The normalized spacial score (nSPS) is 12.3. The molecule has 0 saturated heterocycles. The molecule has 1 aromatic carbocycles. The first-order valence-corrected chi connectivity index (χ1v) is 7.02. The molecule has 104 valence electrons. The molecule has 0 saturated carbocycles. The van der Waals surface area contributed by atoms with Gasteiger partial charge in [-0.3, -0.25) is 9.59 Å². The minimum absolute atomic E-state index is 0.204. The van der Waals surface area contributed by atoms with E-state index in [1.165, 1.54) is 0 Å². The van der Waals surface area contributed by atoms with Crippen LogP contribution in [0.5, 0.6) is 0 Å². The molecule has 4 nitrogen and oxygen atoms in total. The van der Waals surface area contributed by atoms with Crippen LogP contribution < -0.4 is 11.1 Å². The number of halogens is 2. The summed E-state index contributed by atoms with van der Waals surface area (Å²) in [6.45, 7) is 3.51. The number of hydrogen-bond donors (Lipinski definition) is 2. The van der Waals surface area contributed by atoms with E-state index in [2.05, 4.69) is 21.2 Å². The maximum Gasteiger partial charge on any atom is 0.240 e. The molecule has 0 aliphatic rings.